The van der Waals surface area contributed by atoms with E-state index >= 15 is 0 Å². The Bertz CT molecular complexity index is 7780. The van der Waals surface area contributed by atoms with Crippen LogP contribution in [0.3, 0.4) is 0 Å². The number of phenols is 3. The van der Waals surface area contributed by atoms with E-state index < -0.39 is 0 Å². The van der Waals surface area contributed by atoms with Crippen LogP contribution in [0.4, 0.5) is 0 Å². The second-order valence-electron chi connectivity index (χ2n) is 33.3. The zero-order valence-electron chi connectivity index (χ0n) is 76.5. The second-order valence-corrected chi connectivity index (χ2v) is 33.3. The highest BCUT2D eigenvalue weighted by Crippen LogP contribution is 2.43. The number of aliphatic imine (C=N–C) groups is 6. The van der Waals surface area contributed by atoms with Gasteiger partial charge in [0, 0.05) is 141 Å². The fourth-order valence-corrected chi connectivity index (χ4v) is 17.4. The third-order valence-corrected chi connectivity index (χ3v) is 24.6. The average molecular weight is 1800 g/mol. The first-order valence-corrected chi connectivity index (χ1v) is 45.2. The smallest absolute Gasteiger partial charge is 0.161 e. The number of phenolic OH excluding ortho intramolecular Hbond substituents is 3. The number of aryl methyl sites for hydroxylation is 1. The molecule has 0 bridgehead atoms. The van der Waals surface area contributed by atoms with Crippen molar-refractivity contribution >= 4 is 37.3 Å². The van der Waals surface area contributed by atoms with Gasteiger partial charge < -0.3 is 34.3 Å². The topological polar surface area (TPSA) is 249 Å². The van der Waals surface area contributed by atoms with Crippen LogP contribution in [0.15, 0.2) is 383 Å². The molecule has 6 aromatic heterocycles. The van der Waals surface area contributed by atoms with E-state index in [9.17, 15) is 15.3 Å². The lowest BCUT2D eigenvalue weighted by atomic mass is 9.96. The highest BCUT2D eigenvalue weighted by molar-refractivity contribution is 5.96. The Morgan fingerprint density at radius 1 is 0.210 bits per heavy atom. The second kappa shape index (κ2) is 41.5. The predicted molar refractivity (Wildman–Crippen MR) is 554 cm³/mol. The normalized spacial score (nSPS) is 12.3. The van der Waals surface area contributed by atoms with Gasteiger partial charge in [-0.2, -0.15) is 0 Å². The molecule has 0 amide bonds. The van der Waals surface area contributed by atoms with E-state index in [-0.39, 0.29) is 11.5 Å². The number of aromatic nitrogens is 6. The molecule has 138 heavy (non-hydrogen) atoms. The molecule has 12 aromatic carbocycles. The van der Waals surface area contributed by atoms with Crippen molar-refractivity contribution in [3.05, 3.63) is 425 Å². The van der Waals surface area contributed by atoms with Gasteiger partial charge in [-0.15, -0.1) is 0 Å². The molecule has 18 aromatic rings. The van der Waals surface area contributed by atoms with Gasteiger partial charge in [0.1, 0.15) is 28.7 Å². The van der Waals surface area contributed by atoms with Crippen LogP contribution in [-0.4, -0.2) is 111 Å². The highest BCUT2D eigenvalue weighted by atomic mass is 16.5. The molecule has 0 fully saturated rings. The van der Waals surface area contributed by atoms with Gasteiger partial charge >= 0.3 is 0 Å². The summed E-state index contributed by atoms with van der Waals surface area (Å²) in [6.45, 7) is 6.54. The van der Waals surface area contributed by atoms with E-state index in [1.54, 1.807) is 77.4 Å². The number of benzene rings is 12. The Morgan fingerprint density at radius 2 is 0.493 bits per heavy atom. The lowest BCUT2D eigenvalue weighted by Crippen LogP contribution is -1.94. The third kappa shape index (κ3) is 20.1. The molecule has 12 heterocycles. The van der Waals surface area contributed by atoms with Gasteiger partial charge in [0.2, 0.25) is 0 Å². The minimum absolute atomic E-state index is 0.246. The van der Waals surface area contributed by atoms with Gasteiger partial charge in [-0.25, -0.2) is 0 Å². The Hall–Kier alpha value is -17.8. The van der Waals surface area contributed by atoms with E-state index in [2.05, 4.69) is 212 Å². The van der Waals surface area contributed by atoms with Gasteiger partial charge in [0.05, 0.1) is 102 Å². The van der Waals surface area contributed by atoms with Crippen LogP contribution in [-0.2, 0) is 39.3 Å². The summed E-state index contributed by atoms with van der Waals surface area (Å²) in [6, 6.07) is 105. The maximum absolute atomic E-state index is 9.75. The van der Waals surface area contributed by atoms with Crippen LogP contribution in [0.25, 0.3) is 134 Å². The van der Waals surface area contributed by atoms with E-state index in [1.165, 1.54) is 66.8 Å². The van der Waals surface area contributed by atoms with Crippen molar-refractivity contribution in [2.24, 2.45) is 30.0 Å². The minimum Gasteiger partial charge on any atom is -0.508 e. The van der Waals surface area contributed by atoms with Gasteiger partial charge in [-0.3, -0.25) is 59.9 Å². The predicted octanol–water partition coefficient (Wildman–Crippen LogP) is 25.5. The summed E-state index contributed by atoms with van der Waals surface area (Å²) < 4.78 is 21.3. The van der Waals surface area contributed by atoms with Crippen molar-refractivity contribution < 1.29 is 34.3 Å². The van der Waals surface area contributed by atoms with Crippen LogP contribution >= 0.6 is 0 Å². The van der Waals surface area contributed by atoms with E-state index in [0.29, 0.717) is 17.2 Å². The maximum Gasteiger partial charge on any atom is 0.161 e. The minimum atomic E-state index is 0.246. The van der Waals surface area contributed by atoms with Crippen molar-refractivity contribution in [3.63, 3.8) is 0 Å². The average Bonchev–Trinajstić information content (AvgIpc) is 1.37. The SMILES string of the molecule is COc1ccc(-c2ncccc2-c2ccc3c(c2)C=NC3)cc1.COc1ccc(-c2ncccc2-c2ccc3c(c2)C=NC3)cc1OC.COc1cccc(-c2ncccc2-c2ccc3c(c2)C=NC3)c1.Cc1cc(-c2ncccc2-c2ccc3c(c2)C=NC3)ccc1O.Oc1ccc(-c2ncccc2-c2ccc3c(c2)C=NC3)cc1.Oc1cccc(-c2ncccc2-c2ccc3c(c2)C=NC3)c1. The van der Waals surface area contributed by atoms with Gasteiger partial charge in [-0.05, 0) is 295 Å². The fraction of sp³-hybridized carbons (Fsp3) is 0.0924. The number of hydrogen-bond acceptors (Lipinski definition) is 19. The number of pyridine rings is 6. The fourth-order valence-electron chi connectivity index (χ4n) is 17.4. The molecular weight excluding hydrogens is 1710 g/mol. The first-order valence-electron chi connectivity index (χ1n) is 45.2. The monoisotopic (exact) mass is 1800 g/mol. The lowest BCUT2D eigenvalue weighted by molar-refractivity contribution is 0.355. The zero-order chi connectivity index (χ0) is 94.2. The highest BCUT2D eigenvalue weighted by Gasteiger charge is 2.22. The molecule has 0 saturated heterocycles. The van der Waals surface area contributed by atoms with Gasteiger partial charge in [0.15, 0.2) is 11.5 Å². The quantitative estimate of drug-likeness (QED) is 0.0815. The maximum atomic E-state index is 9.75. The molecule has 0 aliphatic carbocycles. The van der Waals surface area contributed by atoms with Crippen LogP contribution < -0.4 is 18.9 Å². The number of rotatable bonds is 16. The molecule has 0 radical (unpaired) electrons. The Balaban J connectivity index is 0.000000106. The van der Waals surface area contributed by atoms with Crippen molar-refractivity contribution in [1.82, 2.24) is 29.9 Å². The summed E-state index contributed by atoms with van der Waals surface area (Å²) in [7, 11) is 6.63. The molecule has 0 unspecified atom stereocenters. The molecule has 0 saturated carbocycles. The molecule has 0 atom stereocenters. The standard InChI is InChI=1S/C21H18N2O2.3C20H16N2O.2C19H14N2O/c1-24-19-8-7-15(11-20(19)25-2)21-18(4-3-9-23-21)14-5-6-16-12-22-13-17(16)10-14;1-23-18-5-2-4-15(11-18)20-19(6-3-9-22-20)14-7-8-16-12-21-13-17(16)10-14;1-23-18-8-6-14(7-9-18)20-19(3-2-10-22-20)15-4-5-16-12-21-13-17(16)11-15;1-13-9-15(6-7-19(13)23)20-18(3-2-8-22-20)14-4-5-16-11-21-12-17(16)10-14;22-17-4-1-3-14(10-17)19-18(5-2-8-21-19)13-6-7-15-11-20-12-16(15)9-13;22-17-7-5-13(6-8-17)19-18(2-1-9-21-19)14-3-4-15-11-20-12-16(15)10-14/h3-11,13H,12H2,1-2H3;2*2-11,13H,12H2,1H3;2-10,12,23H,11H2,1H3;2*1-10,12,22H,11H2. The molecule has 3 N–H and O–H groups in total. The van der Waals surface area contributed by atoms with E-state index in [0.717, 1.165) is 191 Å². The first kappa shape index (κ1) is 89.4. The summed E-state index contributed by atoms with van der Waals surface area (Å²) in [4.78, 5) is 53.4. The first-order chi connectivity index (χ1) is 67.8. The molecule has 672 valence electrons. The molecule has 0 spiro atoms. The number of hydrogen-bond donors (Lipinski definition) is 3. The zero-order valence-corrected chi connectivity index (χ0v) is 76.5. The Morgan fingerprint density at radius 3 is 0.812 bits per heavy atom. The summed E-state index contributed by atoms with van der Waals surface area (Å²) >= 11 is 0. The van der Waals surface area contributed by atoms with E-state index in [4.69, 9.17) is 18.9 Å². The number of nitrogens with zero attached hydrogens (tertiary/aromatic N) is 12. The lowest BCUT2D eigenvalue weighted by Gasteiger charge is -2.13. The van der Waals surface area contributed by atoms with Crippen LogP contribution in [0.1, 0.15) is 72.3 Å². The largest absolute Gasteiger partial charge is 0.508 e. The molecular formula is C119H94N12O7. The Labute approximate surface area is 800 Å². The summed E-state index contributed by atoms with van der Waals surface area (Å²) in [6.07, 6.45) is 22.4. The van der Waals surface area contributed by atoms with Crippen LogP contribution in [0.5, 0.6) is 40.2 Å². The van der Waals surface area contributed by atoms with E-state index in [1.807, 2.05) is 196 Å². The molecule has 19 heteroatoms. The van der Waals surface area contributed by atoms with Crippen molar-refractivity contribution in [1.29, 1.82) is 0 Å². The molecule has 6 aliphatic heterocycles. The summed E-state index contributed by atoms with van der Waals surface area (Å²) in [5.74, 6) is 3.89. The number of methoxy groups -OCH3 is 4. The summed E-state index contributed by atoms with van der Waals surface area (Å²) in [5, 5.41) is 28.9. The van der Waals surface area contributed by atoms with Gasteiger partial charge in [0.25, 0.3) is 0 Å². The number of ether oxygens (including phenoxy) is 4. The molecule has 6 aliphatic rings. The van der Waals surface area contributed by atoms with Crippen molar-refractivity contribution in [3.8, 4) is 175 Å². The molecule has 19 nitrogen and oxygen atoms in total. The third-order valence-electron chi connectivity index (χ3n) is 24.6. The number of aromatic hydroxyl groups is 3. The molecule has 24 rings (SSSR count). The Kier molecular flexibility index (Phi) is 26.9. The van der Waals surface area contributed by atoms with Crippen LogP contribution in [0, 0.1) is 6.92 Å². The van der Waals surface area contributed by atoms with Gasteiger partial charge in [-0.1, -0.05) is 133 Å². The van der Waals surface area contributed by atoms with Crippen molar-refractivity contribution in [2.75, 3.05) is 28.4 Å². The number of fused-ring (bicyclic) bond motifs is 6. The van der Waals surface area contributed by atoms with Crippen LogP contribution in [0.2, 0.25) is 0 Å². The summed E-state index contributed by atoms with van der Waals surface area (Å²) in [5.41, 5.74) is 40.5. The van der Waals surface area contributed by atoms with Crippen molar-refractivity contribution in [2.45, 2.75) is 46.2 Å².